The molecule has 0 atom stereocenters. The molecule has 3 rings (SSSR count). The van der Waals surface area contributed by atoms with E-state index in [9.17, 15) is 13.6 Å². The molecule has 1 aliphatic rings. The van der Waals surface area contributed by atoms with Gasteiger partial charge in [0.1, 0.15) is 0 Å². The summed E-state index contributed by atoms with van der Waals surface area (Å²) in [4.78, 5) is 12.1. The number of rotatable bonds is 2. The van der Waals surface area contributed by atoms with Crippen molar-refractivity contribution in [2.45, 2.75) is 13.0 Å². The quantitative estimate of drug-likeness (QED) is 0.892. The van der Waals surface area contributed by atoms with Crippen LogP contribution in [0.1, 0.15) is 21.5 Å². The molecule has 0 radical (unpaired) electrons. The highest BCUT2D eigenvalue weighted by Gasteiger charge is 2.15. The van der Waals surface area contributed by atoms with Gasteiger partial charge >= 0.3 is 0 Å². The minimum Gasteiger partial charge on any atom is -0.319 e. The van der Waals surface area contributed by atoms with Crippen LogP contribution in [0.4, 0.5) is 14.5 Å². The zero-order valence-corrected chi connectivity index (χ0v) is 11.2. The van der Waals surface area contributed by atoms with Crippen LogP contribution in [0.25, 0.3) is 0 Å². The predicted molar refractivity (Wildman–Crippen MR) is 76.2 cm³/mol. The number of halogens is 2. The van der Waals surface area contributed by atoms with Crippen LogP contribution in [0.2, 0.25) is 0 Å². The lowest BCUT2D eigenvalue weighted by atomic mass is 9.98. The number of benzene rings is 2. The number of amides is 1. The van der Waals surface area contributed by atoms with E-state index in [0.717, 1.165) is 24.6 Å². The largest absolute Gasteiger partial charge is 0.319 e. The molecule has 0 saturated carbocycles. The van der Waals surface area contributed by atoms with Crippen LogP contribution in [-0.2, 0) is 13.0 Å². The van der Waals surface area contributed by atoms with E-state index in [-0.39, 0.29) is 5.69 Å². The van der Waals surface area contributed by atoms with Gasteiger partial charge in [-0.3, -0.25) is 4.79 Å². The molecule has 2 aromatic rings. The molecule has 0 unspecified atom stereocenters. The molecule has 5 heteroatoms. The topological polar surface area (TPSA) is 41.1 Å². The lowest BCUT2D eigenvalue weighted by molar-refractivity contribution is 0.102. The number of fused-ring (bicyclic) bond motifs is 1. The van der Waals surface area contributed by atoms with Crippen molar-refractivity contribution in [2.75, 3.05) is 11.9 Å². The standard InChI is InChI=1S/C16H14F2N2O/c17-13-2-1-3-14(15(13)18)20-16(21)11-5-4-10-6-7-19-9-12(10)8-11/h1-5,8,19H,6-7,9H2,(H,20,21). The van der Waals surface area contributed by atoms with Crippen molar-refractivity contribution in [1.29, 1.82) is 0 Å². The maximum Gasteiger partial charge on any atom is 0.255 e. The van der Waals surface area contributed by atoms with Crippen molar-refractivity contribution >= 4 is 11.6 Å². The molecular formula is C16H14F2N2O. The minimum atomic E-state index is -1.05. The molecule has 1 aliphatic heterocycles. The third-order valence-electron chi connectivity index (χ3n) is 3.55. The van der Waals surface area contributed by atoms with Crippen molar-refractivity contribution in [3.8, 4) is 0 Å². The van der Waals surface area contributed by atoms with Gasteiger partial charge in [0.05, 0.1) is 5.69 Å². The molecule has 0 fully saturated rings. The van der Waals surface area contributed by atoms with E-state index in [2.05, 4.69) is 10.6 Å². The summed E-state index contributed by atoms with van der Waals surface area (Å²) in [7, 11) is 0. The molecule has 21 heavy (non-hydrogen) atoms. The van der Waals surface area contributed by atoms with Crippen LogP contribution in [0.5, 0.6) is 0 Å². The van der Waals surface area contributed by atoms with Crippen LogP contribution < -0.4 is 10.6 Å². The Morgan fingerprint density at radius 2 is 2.00 bits per heavy atom. The number of carbonyl (C=O) groups is 1. The normalized spacial score (nSPS) is 13.6. The van der Waals surface area contributed by atoms with Gasteiger partial charge in [-0.1, -0.05) is 12.1 Å². The van der Waals surface area contributed by atoms with Gasteiger partial charge in [0.25, 0.3) is 5.91 Å². The first-order valence-corrected chi connectivity index (χ1v) is 6.73. The number of hydrogen-bond donors (Lipinski definition) is 2. The molecule has 1 heterocycles. The van der Waals surface area contributed by atoms with Gasteiger partial charge in [-0.15, -0.1) is 0 Å². The lowest BCUT2D eigenvalue weighted by Gasteiger charge is -2.17. The highest BCUT2D eigenvalue weighted by Crippen LogP contribution is 2.19. The molecular weight excluding hydrogens is 274 g/mol. The van der Waals surface area contributed by atoms with Gasteiger partial charge in [0, 0.05) is 12.1 Å². The first kappa shape index (κ1) is 13.7. The van der Waals surface area contributed by atoms with Crippen molar-refractivity contribution < 1.29 is 13.6 Å². The summed E-state index contributed by atoms with van der Waals surface area (Å²) in [5, 5.41) is 5.63. The van der Waals surface area contributed by atoms with Crippen LogP contribution in [0, 0.1) is 11.6 Å². The Bertz CT molecular complexity index is 701. The first-order valence-electron chi connectivity index (χ1n) is 6.73. The van der Waals surface area contributed by atoms with Gasteiger partial charge in [-0.25, -0.2) is 8.78 Å². The summed E-state index contributed by atoms with van der Waals surface area (Å²) in [6, 6.07) is 9.09. The Morgan fingerprint density at radius 3 is 2.86 bits per heavy atom. The zero-order valence-electron chi connectivity index (χ0n) is 11.2. The Hall–Kier alpha value is -2.27. The Kier molecular flexibility index (Phi) is 3.66. The van der Waals surface area contributed by atoms with E-state index in [4.69, 9.17) is 0 Å². The van der Waals surface area contributed by atoms with E-state index in [0.29, 0.717) is 12.1 Å². The van der Waals surface area contributed by atoms with Gasteiger partial charge in [-0.2, -0.15) is 0 Å². The summed E-state index contributed by atoms with van der Waals surface area (Å²) in [5.74, 6) is -2.49. The molecule has 108 valence electrons. The second-order valence-electron chi connectivity index (χ2n) is 4.97. The molecule has 0 aromatic heterocycles. The number of anilines is 1. The van der Waals surface area contributed by atoms with Crippen molar-refractivity contribution in [3.63, 3.8) is 0 Å². The summed E-state index contributed by atoms with van der Waals surface area (Å²) in [5.41, 5.74) is 2.55. The van der Waals surface area contributed by atoms with Gasteiger partial charge < -0.3 is 10.6 Å². The van der Waals surface area contributed by atoms with Crippen LogP contribution in [0.3, 0.4) is 0 Å². The Labute approximate surface area is 121 Å². The monoisotopic (exact) mass is 288 g/mol. The molecule has 3 nitrogen and oxygen atoms in total. The maximum absolute atomic E-state index is 13.6. The second-order valence-corrected chi connectivity index (χ2v) is 4.97. The fourth-order valence-corrected chi connectivity index (χ4v) is 2.42. The molecule has 2 aromatic carbocycles. The Morgan fingerprint density at radius 1 is 1.14 bits per heavy atom. The summed E-state index contributed by atoms with van der Waals surface area (Å²) in [6.45, 7) is 1.64. The van der Waals surface area contributed by atoms with Crippen molar-refractivity contribution in [2.24, 2.45) is 0 Å². The van der Waals surface area contributed by atoms with Crippen LogP contribution in [-0.4, -0.2) is 12.5 Å². The third kappa shape index (κ3) is 2.78. The molecule has 2 N–H and O–H groups in total. The van der Waals surface area contributed by atoms with Gasteiger partial charge in [-0.05, 0) is 48.4 Å². The van der Waals surface area contributed by atoms with Crippen molar-refractivity contribution in [1.82, 2.24) is 5.32 Å². The number of hydrogen-bond acceptors (Lipinski definition) is 2. The highest BCUT2D eigenvalue weighted by atomic mass is 19.2. The van der Waals surface area contributed by atoms with E-state index >= 15 is 0 Å². The highest BCUT2D eigenvalue weighted by molar-refractivity contribution is 6.04. The number of nitrogens with one attached hydrogen (secondary N) is 2. The summed E-state index contributed by atoms with van der Waals surface area (Å²) in [6.07, 6.45) is 0.926. The average molecular weight is 288 g/mol. The number of carbonyl (C=O) groups excluding carboxylic acids is 1. The molecule has 1 amide bonds. The zero-order chi connectivity index (χ0) is 14.8. The fraction of sp³-hybridized carbons (Fsp3) is 0.188. The minimum absolute atomic E-state index is 0.157. The smallest absolute Gasteiger partial charge is 0.255 e. The maximum atomic E-state index is 13.6. The average Bonchev–Trinajstić information content (AvgIpc) is 2.51. The van der Waals surface area contributed by atoms with E-state index in [1.807, 2.05) is 6.07 Å². The predicted octanol–water partition coefficient (Wildman–Crippen LogP) is 2.86. The van der Waals surface area contributed by atoms with E-state index in [1.165, 1.54) is 17.7 Å². The van der Waals surface area contributed by atoms with Gasteiger partial charge in [0.15, 0.2) is 11.6 Å². The third-order valence-corrected chi connectivity index (χ3v) is 3.55. The van der Waals surface area contributed by atoms with Crippen molar-refractivity contribution in [3.05, 3.63) is 64.7 Å². The SMILES string of the molecule is O=C(Nc1cccc(F)c1F)c1ccc2c(c1)CNCC2. The molecule has 0 aliphatic carbocycles. The lowest BCUT2D eigenvalue weighted by Crippen LogP contribution is -2.24. The van der Waals surface area contributed by atoms with Crippen LogP contribution in [0.15, 0.2) is 36.4 Å². The first-order chi connectivity index (χ1) is 10.1. The Balaban J connectivity index is 1.84. The van der Waals surface area contributed by atoms with Crippen LogP contribution >= 0.6 is 0 Å². The summed E-state index contributed by atoms with van der Waals surface area (Å²) >= 11 is 0. The van der Waals surface area contributed by atoms with Gasteiger partial charge in [0.2, 0.25) is 0 Å². The molecule has 0 saturated heterocycles. The summed E-state index contributed by atoms with van der Waals surface area (Å²) < 4.78 is 26.7. The fourth-order valence-electron chi connectivity index (χ4n) is 2.42. The van der Waals surface area contributed by atoms with E-state index in [1.54, 1.807) is 12.1 Å². The van der Waals surface area contributed by atoms with E-state index < -0.39 is 17.5 Å². The second kappa shape index (κ2) is 5.61. The molecule has 0 spiro atoms. The molecule has 0 bridgehead atoms.